The van der Waals surface area contributed by atoms with Gasteiger partial charge in [0.15, 0.2) is 0 Å². The topological polar surface area (TPSA) is 18.5 Å². The van der Waals surface area contributed by atoms with Crippen LogP contribution in [0.5, 0.6) is 0 Å². The molecule has 1 aromatic carbocycles. The fourth-order valence-corrected chi connectivity index (χ4v) is 2.84. The van der Waals surface area contributed by atoms with Gasteiger partial charge < -0.3 is 9.47 Å². The number of rotatable bonds is 15. The van der Waals surface area contributed by atoms with Crippen molar-refractivity contribution >= 4 is 22.6 Å². The largest absolute Gasteiger partial charge is 0.355 e. The van der Waals surface area contributed by atoms with E-state index in [0.29, 0.717) is 13.4 Å². The van der Waals surface area contributed by atoms with Crippen molar-refractivity contribution in [3.8, 4) is 0 Å². The van der Waals surface area contributed by atoms with Gasteiger partial charge in [0.05, 0.1) is 13.2 Å². The Morgan fingerprint density at radius 1 is 0.783 bits per heavy atom. The zero-order valence-electron chi connectivity index (χ0n) is 14.2. The lowest BCUT2D eigenvalue weighted by molar-refractivity contribution is -0.0600. The smallest absolute Gasteiger partial charge is 0.147 e. The van der Waals surface area contributed by atoms with E-state index in [1.807, 2.05) is 18.2 Å². The Morgan fingerprint density at radius 2 is 1.48 bits per heavy atom. The van der Waals surface area contributed by atoms with E-state index in [-0.39, 0.29) is 0 Å². The van der Waals surface area contributed by atoms with Crippen LogP contribution in [-0.2, 0) is 16.1 Å². The van der Waals surface area contributed by atoms with E-state index in [2.05, 4.69) is 46.9 Å². The molecule has 0 N–H and O–H groups in total. The minimum Gasteiger partial charge on any atom is -0.355 e. The Bertz CT molecular complexity index is 378. The number of alkyl halides is 1. The molecular weight excluding hydrogens is 399 g/mol. The van der Waals surface area contributed by atoms with Crippen LogP contribution in [0.15, 0.2) is 42.5 Å². The van der Waals surface area contributed by atoms with Crippen LogP contribution in [0.3, 0.4) is 0 Å². The van der Waals surface area contributed by atoms with Gasteiger partial charge in [-0.1, -0.05) is 90.8 Å². The first-order chi connectivity index (χ1) is 11.4. The summed E-state index contributed by atoms with van der Waals surface area (Å²) >= 11 is 2.46. The van der Waals surface area contributed by atoms with Gasteiger partial charge in [-0.15, -0.1) is 0 Å². The molecule has 1 aromatic rings. The summed E-state index contributed by atoms with van der Waals surface area (Å²) < 4.78 is 12.2. The van der Waals surface area contributed by atoms with Crippen molar-refractivity contribution in [1.29, 1.82) is 0 Å². The maximum Gasteiger partial charge on any atom is 0.147 e. The highest BCUT2D eigenvalue weighted by molar-refractivity contribution is 14.1. The third-order valence-corrected chi connectivity index (χ3v) is 4.39. The summed E-state index contributed by atoms with van der Waals surface area (Å²) in [7, 11) is 0. The number of hydrogen-bond donors (Lipinski definition) is 0. The van der Waals surface area contributed by atoms with Crippen molar-refractivity contribution in [3.63, 3.8) is 0 Å². The summed E-state index contributed by atoms with van der Waals surface area (Å²) in [6, 6.07) is 10.2. The zero-order chi connectivity index (χ0) is 16.4. The molecule has 0 radical (unpaired) electrons. The molecule has 0 aromatic heterocycles. The van der Waals surface area contributed by atoms with Crippen molar-refractivity contribution in [2.75, 3.05) is 17.8 Å². The zero-order valence-corrected chi connectivity index (χ0v) is 16.4. The highest BCUT2D eigenvalue weighted by Crippen LogP contribution is 2.08. The molecule has 0 fully saturated rings. The monoisotopic (exact) mass is 430 g/mol. The first kappa shape index (κ1) is 20.7. The van der Waals surface area contributed by atoms with E-state index >= 15 is 0 Å². The van der Waals surface area contributed by atoms with Crippen LogP contribution in [0, 0.1) is 0 Å². The normalized spacial score (nSPS) is 11.3. The van der Waals surface area contributed by atoms with Gasteiger partial charge in [0.25, 0.3) is 0 Å². The van der Waals surface area contributed by atoms with Crippen LogP contribution in [0.25, 0.3) is 0 Å². The minimum absolute atomic E-state index is 0.375. The van der Waals surface area contributed by atoms with Crippen molar-refractivity contribution < 1.29 is 9.47 Å². The highest BCUT2D eigenvalue weighted by Gasteiger charge is 1.92. The second kappa shape index (κ2) is 16.5. The van der Waals surface area contributed by atoms with Crippen molar-refractivity contribution in [1.82, 2.24) is 0 Å². The molecule has 0 aliphatic heterocycles. The van der Waals surface area contributed by atoms with Crippen LogP contribution in [0.2, 0.25) is 0 Å². The molecule has 0 saturated carbocycles. The predicted molar refractivity (Wildman–Crippen MR) is 107 cm³/mol. The van der Waals surface area contributed by atoms with E-state index in [9.17, 15) is 0 Å². The van der Waals surface area contributed by atoms with Crippen molar-refractivity contribution in [2.24, 2.45) is 0 Å². The molecule has 0 aliphatic rings. The molecule has 23 heavy (non-hydrogen) atoms. The summed E-state index contributed by atoms with van der Waals surface area (Å²) in [5.74, 6) is 0. The summed E-state index contributed by atoms with van der Waals surface area (Å²) in [6.07, 6.45) is 15.0. The summed E-state index contributed by atoms with van der Waals surface area (Å²) in [6.45, 7) is 1.73. The standard InChI is InChI=1S/C20H31IO2/c21-16-12-7-5-3-1-2-4-6-8-13-17-22-19-23-18-20-14-10-9-11-15-20/h6,8-11,14-15H,1-5,7,12-13,16-19H2. The minimum atomic E-state index is 0.375. The Morgan fingerprint density at radius 3 is 2.26 bits per heavy atom. The van der Waals surface area contributed by atoms with E-state index < -0.39 is 0 Å². The number of hydrogen-bond acceptors (Lipinski definition) is 2. The SMILES string of the molecule is ICCCCCCCCC=CCCOCOCc1ccccc1. The molecule has 0 unspecified atom stereocenters. The van der Waals surface area contributed by atoms with Gasteiger partial charge in [-0.2, -0.15) is 0 Å². The fraction of sp³-hybridized carbons (Fsp3) is 0.600. The van der Waals surface area contributed by atoms with Gasteiger partial charge in [-0.3, -0.25) is 0 Å². The number of halogens is 1. The molecule has 0 bridgehead atoms. The number of benzene rings is 1. The summed E-state index contributed by atoms with van der Waals surface area (Å²) in [5, 5.41) is 0. The molecule has 0 spiro atoms. The highest BCUT2D eigenvalue weighted by atomic mass is 127. The van der Waals surface area contributed by atoms with Gasteiger partial charge in [0.1, 0.15) is 6.79 Å². The third-order valence-electron chi connectivity index (χ3n) is 3.63. The first-order valence-corrected chi connectivity index (χ1v) is 10.4. The van der Waals surface area contributed by atoms with Crippen LogP contribution >= 0.6 is 22.6 Å². The third kappa shape index (κ3) is 13.7. The lowest BCUT2D eigenvalue weighted by atomic mass is 10.1. The molecule has 130 valence electrons. The van der Waals surface area contributed by atoms with Crippen LogP contribution in [-0.4, -0.2) is 17.8 Å². The van der Waals surface area contributed by atoms with Crippen LogP contribution < -0.4 is 0 Å². The molecule has 0 aliphatic carbocycles. The molecular formula is C20H31IO2. The molecule has 0 saturated heterocycles. The average molecular weight is 430 g/mol. The van der Waals surface area contributed by atoms with E-state index in [4.69, 9.17) is 9.47 Å². The Hall–Kier alpha value is -0.390. The second-order valence-corrected chi connectivity index (χ2v) is 6.80. The second-order valence-electron chi connectivity index (χ2n) is 5.72. The van der Waals surface area contributed by atoms with Crippen LogP contribution in [0.1, 0.15) is 56.9 Å². The van der Waals surface area contributed by atoms with Gasteiger partial charge in [-0.05, 0) is 35.7 Å². The maximum atomic E-state index is 5.47. The Balaban J connectivity index is 1.78. The quantitative estimate of drug-likeness (QED) is 0.107. The van der Waals surface area contributed by atoms with Crippen molar-refractivity contribution in [3.05, 3.63) is 48.0 Å². The number of ether oxygens (including phenoxy) is 2. The summed E-state index contributed by atoms with van der Waals surface area (Å²) in [5.41, 5.74) is 1.19. The van der Waals surface area contributed by atoms with Crippen LogP contribution in [0.4, 0.5) is 0 Å². The average Bonchev–Trinajstić information content (AvgIpc) is 2.59. The van der Waals surface area contributed by atoms with Gasteiger partial charge >= 0.3 is 0 Å². The molecule has 3 heteroatoms. The Kier molecular flexibility index (Phi) is 14.8. The summed E-state index contributed by atoms with van der Waals surface area (Å²) in [4.78, 5) is 0. The van der Waals surface area contributed by atoms with Crippen molar-refractivity contribution in [2.45, 2.75) is 58.0 Å². The lowest BCUT2D eigenvalue weighted by Gasteiger charge is -2.04. The van der Waals surface area contributed by atoms with Gasteiger partial charge in [-0.25, -0.2) is 0 Å². The van der Waals surface area contributed by atoms with E-state index in [1.165, 1.54) is 54.9 Å². The number of unbranched alkanes of at least 4 members (excludes halogenated alkanes) is 6. The molecule has 0 atom stereocenters. The molecule has 0 amide bonds. The van der Waals surface area contributed by atoms with Gasteiger partial charge in [0.2, 0.25) is 0 Å². The fourth-order valence-electron chi connectivity index (χ4n) is 2.30. The maximum absolute atomic E-state index is 5.47. The molecule has 2 nitrogen and oxygen atoms in total. The number of allylic oxidation sites excluding steroid dienone is 1. The molecule has 1 rings (SSSR count). The predicted octanol–water partition coefficient (Wildman–Crippen LogP) is 6.29. The lowest BCUT2D eigenvalue weighted by Crippen LogP contribution is -2.01. The first-order valence-electron chi connectivity index (χ1n) is 8.84. The molecule has 0 heterocycles. The van der Waals surface area contributed by atoms with E-state index in [0.717, 1.165) is 13.0 Å². The van der Waals surface area contributed by atoms with Gasteiger partial charge in [0, 0.05) is 0 Å². The van der Waals surface area contributed by atoms with E-state index in [1.54, 1.807) is 0 Å². The Labute approximate surface area is 155 Å².